The smallest absolute Gasteiger partial charge is 0.232 e. The molecule has 0 saturated heterocycles. The molecule has 25 heavy (non-hydrogen) atoms. The molecule has 3 nitrogen and oxygen atoms in total. The topological polar surface area (TPSA) is 23.6 Å². The van der Waals surface area contributed by atoms with Crippen LogP contribution in [0.1, 0.15) is 16.7 Å². The summed E-state index contributed by atoms with van der Waals surface area (Å²) in [5.74, 6) is 1.61. The molecule has 0 aliphatic carbocycles. The van der Waals surface area contributed by atoms with Gasteiger partial charge < -0.3 is 9.80 Å². The van der Waals surface area contributed by atoms with Crippen LogP contribution in [0, 0.1) is 6.92 Å². The Labute approximate surface area is 156 Å². The van der Waals surface area contributed by atoms with Crippen LogP contribution in [0.15, 0.2) is 54.6 Å². The summed E-state index contributed by atoms with van der Waals surface area (Å²) in [5, 5.41) is 0. The Bertz CT molecular complexity index is 658. The molecular formula is C21H28N2OS. The number of hydrogen-bond donors (Lipinski definition) is 0. The summed E-state index contributed by atoms with van der Waals surface area (Å²) in [4.78, 5) is 16.8. The minimum atomic E-state index is 0.211. The molecule has 0 atom stereocenters. The van der Waals surface area contributed by atoms with Crippen molar-refractivity contribution in [2.75, 3.05) is 32.9 Å². The quantitative estimate of drug-likeness (QED) is 0.682. The van der Waals surface area contributed by atoms with Gasteiger partial charge in [0.25, 0.3) is 0 Å². The van der Waals surface area contributed by atoms with Crippen molar-refractivity contribution in [3.8, 4) is 0 Å². The number of benzene rings is 2. The van der Waals surface area contributed by atoms with E-state index in [4.69, 9.17) is 0 Å². The largest absolute Gasteiger partial charge is 0.336 e. The van der Waals surface area contributed by atoms with E-state index in [0.717, 1.165) is 18.8 Å². The summed E-state index contributed by atoms with van der Waals surface area (Å²) in [6, 6.07) is 18.7. The molecule has 0 bridgehead atoms. The number of rotatable bonds is 9. The summed E-state index contributed by atoms with van der Waals surface area (Å²) >= 11 is 1.69. The molecule has 1 amide bonds. The number of carbonyl (C=O) groups is 1. The molecule has 0 radical (unpaired) electrons. The van der Waals surface area contributed by atoms with Gasteiger partial charge in [0.15, 0.2) is 0 Å². The van der Waals surface area contributed by atoms with Crippen molar-refractivity contribution in [3.63, 3.8) is 0 Å². The highest BCUT2D eigenvalue weighted by molar-refractivity contribution is 7.99. The van der Waals surface area contributed by atoms with Gasteiger partial charge in [0, 0.05) is 25.4 Å². The van der Waals surface area contributed by atoms with Crippen molar-refractivity contribution < 1.29 is 4.79 Å². The third-order valence-electron chi connectivity index (χ3n) is 3.96. The lowest BCUT2D eigenvalue weighted by Crippen LogP contribution is -2.37. The predicted octanol–water partition coefficient (Wildman–Crippen LogP) is 3.82. The lowest BCUT2D eigenvalue weighted by molar-refractivity contribution is -0.129. The highest BCUT2D eigenvalue weighted by atomic mass is 32.2. The normalized spacial score (nSPS) is 10.9. The standard InChI is InChI=1S/C21H28N2OS/c1-18-8-7-11-20(14-18)16-25-17-21(24)23(13-12-22(2)3)15-19-9-5-4-6-10-19/h4-11,14H,12-13,15-17H2,1-3H3. The van der Waals surface area contributed by atoms with Crippen LogP contribution in [-0.2, 0) is 17.1 Å². The Morgan fingerprint density at radius 2 is 1.68 bits per heavy atom. The van der Waals surface area contributed by atoms with E-state index in [1.165, 1.54) is 16.7 Å². The second-order valence-corrected chi connectivity index (χ2v) is 7.57. The number of amides is 1. The van der Waals surface area contributed by atoms with Crippen molar-refractivity contribution in [2.45, 2.75) is 19.2 Å². The van der Waals surface area contributed by atoms with Gasteiger partial charge in [-0.25, -0.2) is 0 Å². The molecule has 0 aromatic heterocycles. The summed E-state index contributed by atoms with van der Waals surface area (Å²) < 4.78 is 0. The van der Waals surface area contributed by atoms with E-state index >= 15 is 0 Å². The molecule has 4 heteroatoms. The van der Waals surface area contributed by atoms with Crippen LogP contribution in [0.2, 0.25) is 0 Å². The first-order chi connectivity index (χ1) is 12.0. The summed E-state index contributed by atoms with van der Waals surface area (Å²) in [6.07, 6.45) is 0. The molecule has 0 unspecified atom stereocenters. The highest BCUT2D eigenvalue weighted by Gasteiger charge is 2.14. The molecule has 0 saturated carbocycles. The fraction of sp³-hybridized carbons (Fsp3) is 0.381. The molecule has 2 rings (SSSR count). The van der Waals surface area contributed by atoms with Crippen LogP contribution in [0.5, 0.6) is 0 Å². The minimum Gasteiger partial charge on any atom is -0.336 e. The Kier molecular flexibility index (Phi) is 8.02. The summed E-state index contributed by atoms with van der Waals surface area (Å²) in [5.41, 5.74) is 3.72. The predicted molar refractivity (Wildman–Crippen MR) is 108 cm³/mol. The first-order valence-electron chi connectivity index (χ1n) is 8.64. The van der Waals surface area contributed by atoms with Crippen LogP contribution < -0.4 is 0 Å². The Morgan fingerprint density at radius 1 is 0.960 bits per heavy atom. The lowest BCUT2D eigenvalue weighted by atomic mass is 10.2. The molecule has 0 fully saturated rings. The van der Waals surface area contributed by atoms with Crippen LogP contribution in [0.4, 0.5) is 0 Å². The molecule has 134 valence electrons. The zero-order valence-electron chi connectivity index (χ0n) is 15.4. The van der Waals surface area contributed by atoms with Crippen LogP contribution in [0.3, 0.4) is 0 Å². The van der Waals surface area contributed by atoms with Crippen LogP contribution >= 0.6 is 11.8 Å². The van der Waals surface area contributed by atoms with E-state index in [1.54, 1.807) is 11.8 Å². The maximum Gasteiger partial charge on any atom is 0.232 e. The van der Waals surface area contributed by atoms with E-state index < -0.39 is 0 Å². The first-order valence-corrected chi connectivity index (χ1v) is 9.80. The van der Waals surface area contributed by atoms with Gasteiger partial charge in [-0.1, -0.05) is 60.2 Å². The Morgan fingerprint density at radius 3 is 2.36 bits per heavy atom. The van der Waals surface area contributed by atoms with Gasteiger partial charge in [0.2, 0.25) is 5.91 Å². The van der Waals surface area contributed by atoms with E-state index in [0.29, 0.717) is 12.3 Å². The summed E-state index contributed by atoms with van der Waals surface area (Å²) in [6.45, 7) is 4.41. The Balaban J connectivity index is 1.89. The van der Waals surface area contributed by atoms with Crippen molar-refractivity contribution in [3.05, 3.63) is 71.3 Å². The third kappa shape index (κ3) is 7.32. The number of thioether (sulfide) groups is 1. The second-order valence-electron chi connectivity index (χ2n) is 6.59. The lowest BCUT2D eigenvalue weighted by Gasteiger charge is -2.24. The molecule has 0 spiro atoms. The third-order valence-corrected chi connectivity index (χ3v) is 4.95. The second kappa shape index (κ2) is 10.3. The fourth-order valence-corrected chi connectivity index (χ4v) is 3.44. The zero-order chi connectivity index (χ0) is 18.1. The molecule has 2 aromatic carbocycles. The first kappa shape index (κ1) is 19.5. The number of carbonyl (C=O) groups excluding carboxylic acids is 1. The van der Waals surface area contributed by atoms with Gasteiger partial charge >= 0.3 is 0 Å². The van der Waals surface area contributed by atoms with Gasteiger partial charge in [-0.15, -0.1) is 11.8 Å². The number of likely N-dealkylation sites (N-methyl/N-ethyl adjacent to an activating group) is 1. The van der Waals surface area contributed by atoms with E-state index in [1.807, 2.05) is 37.2 Å². The fourth-order valence-electron chi connectivity index (χ4n) is 2.57. The zero-order valence-corrected chi connectivity index (χ0v) is 16.3. The molecule has 2 aromatic rings. The highest BCUT2D eigenvalue weighted by Crippen LogP contribution is 2.15. The van der Waals surface area contributed by atoms with Gasteiger partial charge in [-0.2, -0.15) is 0 Å². The van der Waals surface area contributed by atoms with Crippen molar-refractivity contribution in [1.82, 2.24) is 9.80 Å². The van der Waals surface area contributed by atoms with Crippen molar-refractivity contribution in [2.24, 2.45) is 0 Å². The maximum absolute atomic E-state index is 12.7. The van der Waals surface area contributed by atoms with Crippen LogP contribution in [-0.4, -0.2) is 48.6 Å². The van der Waals surface area contributed by atoms with E-state index in [9.17, 15) is 4.79 Å². The SMILES string of the molecule is Cc1cccc(CSCC(=O)N(CCN(C)C)Cc2ccccc2)c1. The van der Waals surface area contributed by atoms with E-state index in [-0.39, 0.29) is 5.91 Å². The monoisotopic (exact) mass is 356 g/mol. The number of hydrogen-bond acceptors (Lipinski definition) is 3. The molecular weight excluding hydrogens is 328 g/mol. The van der Waals surface area contributed by atoms with Crippen molar-refractivity contribution >= 4 is 17.7 Å². The van der Waals surface area contributed by atoms with E-state index in [2.05, 4.69) is 48.2 Å². The average Bonchev–Trinajstić information content (AvgIpc) is 2.59. The van der Waals surface area contributed by atoms with Gasteiger partial charge in [-0.05, 0) is 32.1 Å². The molecule has 0 aliphatic heterocycles. The van der Waals surface area contributed by atoms with Gasteiger partial charge in [0.1, 0.15) is 0 Å². The molecule has 0 N–H and O–H groups in total. The molecule has 0 aliphatic rings. The number of nitrogens with zero attached hydrogens (tertiary/aromatic N) is 2. The maximum atomic E-state index is 12.7. The van der Waals surface area contributed by atoms with Crippen LogP contribution in [0.25, 0.3) is 0 Å². The van der Waals surface area contributed by atoms with Gasteiger partial charge in [-0.3, -0.25) is 4.79 Å². The molecule has 0 heterocycles. The van der Waals surface area contributed by atoms with Crippen molar-refractivity contribution in [1.29, 1.82) is 0 Å². The Hall–Kier alpha value is -1.78. The minimum absolute atomic E-state index is 0.211. The average molecular weight is 357 g/mol. The number of aryl methyl sites for hydroxylation is 1. The van der Waals surface area contributed by atoms with Gasteiger partial charge in [0.05, 0.1) is 5.75 Å². The summed E-state index contributed by atoms with van der Waals surface area (Å²) in [7, 11) is 4.08.